The lowest BCUT2D eigenvalue weighted by atomic mass is 9.79. The zero-order valence-corrected chi connectivity index (χ0v) is 16.9. The highest BCUT2D eigenvalue weighted by molar-refractivity contribution is 6.49. The Morgan fingerprint density at radius 1 is 1.37 bits per heavy atom. The van der Waals surface area contributed by atoms with Crippen LogP contribution in [0.1, 0.15) is 34.1 Å². The van der Waals surface area contributed by atoms with Gasteiger partial charge in [0.1, 0.15) is 0 Å². The van der Waals surface area contributed by atoms with E-state index in [1.165, 1.54) is 6.20 Å². The molecular formula is C21H26ClNO4. The molecule has 0 bridgehead atoms. The van der Waals surface area contributed by atoms with E-state index in [1.807, 2.05) is 19.1 Å². The Kier molecular flexibility index (Phi) is 6.63. The van der Waals surface area contributed by atoms with Gasteiger partial charge in [-0.1, -0.05) is 49.6 Å². The summed E-state index contributed by atoms with van der Waals surface area (Å²) in [6.07, 6.45) is 10.2. The molecule has 2 N–H and O–H groups in total. The second-order valence-electron chi connectivity index (χ2n) is 7.12. The fourth-order valence-corrected chi connectivity index (χ4v) is 3.30. The van der Waals surface area contributed by atoms with Crippen molar-refractivity contribution in [2.24, 2.45) is 5.92 Å². The van der Waals surface area contributed by atoms with Crippen LogP contribution in [-0.2, 0) is 9.59 Å². The molecule has 2 atom stereocenters. The minimum Gasteiger partial charge on any atom is -0.395 e. The molecule has 0 spiro atoms. The Morgan fingerprint density at radius 2 is 2.04 bits per heavy atom. The topological polar surface area (TPSA) is 77.8 Å². The molecule has 1 aliphatic heterocycles. The van der Waals surface area contributed by atoms with Gasteiger partial charge in [-0.15, -0.1) is 0 Å². The first-order valence-corrected chi connectivity index (χ1v) is 9.40. The van der Waals surface area contributed by atoms with Gasteiger partial charge >= 0.3 is 0 Å². The van der Waals surface area contributed by atoms with Crippen molar-refractivity contribution in [3.63, 3.8) is 0 Å². The minimum absolute atomic E-state index is 0.118. The molecule has 0 saturated heterocycles. The molecule has 0 aromatic heterocycles. The number of hydrogen-bond donors (Lipinski definition) is 2. The smallest absolute Gasteiger partial charge is 0.214 e. The Labute approximate surface area is 165 Å². The molecule has 0 aromatic rings. The maximum atomic E-state index is 12.5. The summed E-state index contributed by atoms with van der Waals surface area (Å²) in [4.78, 5) is 26.5. The van der Waals surface area contributed by atoms with E-state index < -0.39 is 17.2 Å². The van der Waals surface area contributed by atoms with Crippen molar-refractivity contribution in [1.29, 1.82) is 0 Å². The normalized spacial score (nSPS) is 25.0. The summed E-state index contributed by atoms with van der Waals surface area (Å²) in [6.45, 7) is 7.56. The maximum absolute atomic E-state index is 12.5. The van der Waals surface area contributed by atoms with Crippen molar-refractivity contribution in [3.05, 3.63) is 58.0 Å². The predicted octanol–water partition coefficient (Wildman–Crippen LogP) is 3.01. The molecule has 5 nitrogen and oxygen atoms in total. The molecule has 6 heteroatoms. The lowest BCUT2D eigenvalue weighted by Crippen LogP contribution is -2.49. The van der Waals surface area contributed by atoms with Crippen molar-refractivity contribution in [2.75, 3.05) is 13.2 Å². The van der Waals surface area contributed by atoms with E-state index >= 15 is 0 Å². The van der Waals surface area contributed by atoms with Gasteiger partial charge in [0.25, 0.3) is 0 Å². The molecule has 2 aliphatic rings. The molecule has 0 fully saturated rings. The number of aliphatic hydroxyl groups is 2. The third-order valence-corrected chi connectivity index (χ3v) is 5.19. The highest BCUT2D eigenvalue weighted by atomic mass is 35.5. The third-order valence-electron chi connectivity index (χ3n) is 4.81. The number of rotatable bonds is 6. The Bertz CT molecular complexity index is 799. The van der Waals surface area contributed by atoms with Crippen LogP contribution in [0.15, 0.2) is 58.0 Å². The van der Waals surface area contributed by atoms with Crippen LogP contribution in [0.3, 0.4) is 0 Å². The number of nitrogens with zero attached hydrogens (tertiary/aromatic N) is 1. The lowest BCUT2D eigenvalue weighted by molar-refractivity contribution is -0.144. The number of Topliss-reactive ketones (excluding diaryl/α,β-unsaturated/α-hetero) is 2. The van der Waals surface area contributed by atoms with Crippen LogP contribution in [0.2, 0.25) is 0 Å². The van der Waals surface area contributed by atoms with Crippen LogP contribution in [0.25, 0.3) is 0 Å². The molecule has 0 aromatic carbocycles. The molecule has 2 rings (SSSR count). The standard InChI is InChI=1S/C21H26ClNO4/c1-5-13(2)10-14(3)6-7-15-11-16-17(12-23(15)8-9-24)19(25)21(4,27)20(26)18(16)22/h6-7,10-13,24,27H,5,8-9H2,1-4H3. The number of carbonyl (C=O) groups is 2. The van der Waals surface area contributed by atoms with E-state index in [-0.39, 0.29) is 23.8 Å². The van der Waals surface area contributed by atoms with Crippen LogP contribution in [0.4, 0.5) is 0 Å². The Hall–Kier alpha value is -1.95. The molecule has 1 heterocycles. The minimum atomic E-state index is -2.17. The van der Waals surface area contributed by atoms with Gasteiger partial charge in [0.15, 0.2) is 5.60 Å². The number of carbonyl (C=O) groups excluding carboxylic acids is 2. The van der Waals surface area contributed by atoms with Gasteiger partial charge in [-0.05, 0) is 31.9 Å². The predicted molar refractivity (Wildman–Crippen MR) is 106 cm³/mol. The number of fused-ring (bicyclic) bond motifs is 1. The lowest BCUT2D eigenvalue weighted by Gasteiger charge is -2.33. The number of aliphatic hydroxyl groups excluding tert-OH is 1. The van der Waals surface area contributed by atoms with Gasteiger partial charge in [-0.2, -0.15) is 0 Å². The summed E-state index contributed by atoms with van der Waals surface area (Å²) < 4.78 is 0. The van der Waals surface area contributed by atoms with Gasteiger partial charge in [0, 0.05) is 29.6 Å². The van der Waals surface area contributed by atoms with Gasteiger partial charge in [-0.3, -0.25) is 9.59 Å². The summed E-state index contributed by atoms with van der Waals surface area (Å²) in [6, 6.07) is 0. The Balaban J connectivity index is 2.47. The van der Waals surface area contributed by atoms with Crippen molar-refractivity contribution in [1.82, 2.24) is 4.90 Å². The summed E-state index contributed by atoms with van der Waals surface area (Å²) in [5.41, 5.74) is 0.0779. The van der Waals surface area contributed by atoms with E-state index in [0.717, 1.165) is 18.9 Å². The third kappa shape index (κ3) is 4.32. The molecule has 0 amide bonds. The quantitative estimate of drug-likeness (QED) is 0.537. The van der Waals surface area contributed by atoms with Gasteiger partial charge in [0.2, 0.25) is 11.6 Å². The number of allylic oxidation sites excluding steroid dienone is 6. The highest BCUT2D eigenvalue weighted by Crippen LogP contribution is 2.37. The number of halogens is 1. The van der Waals surface area contributed by atoms with Crippen LogP contribution >= 0.6 is 11.6 Å². The first-order valence-electron chi connectivity index (χ1n) is 9.03. The summed E-state index contributed by atoms with van der Waals surface area (Å²) in [5, 5.41) is 19.4. The zero-order chi connectivity index (χ0) is 20.4. The summed E-state index contributed by atoms with van der Waals surface area (Å²) >= 11 is 6.16. The van der Waals surface area contributed by atoms with Crippen LogP contribution in [0, 0.1) is 5.92 Å². The van der Waals surface area contributed by atoms with Crippen LogP contribution < -0.4 is 0 Å². The number of β-amino-alcohol motifs (C(OH)–C–C–N with tert-alkyl or cyclic N) is 1. The molecule has 146 valence electrons. The van der Waals surface area contributed by atoms with Gasteiger partial charge in [0.05, 0.1) is 11.6 Å². The zero-order valence-electron chi connectivity index (χ0n) is 16.1. The number of ketones is 2. The monoisotopic (exact) mass is 391 g/mol. The van der Waals surface area contributed by atoms with E-state index in [1.54, 1.807) is 11.0 Å². The largest absolute Gasteiger partial charge is 0.395 e. The SMILES string of the molecule is CCC(C)C=C(C)C=CC1=CC2=C(Cl)C(=O)C(C)(O)C(=O)C2=CN1CCO. The average Bonchev–Trinajstić information content (AvgIpc) is 2.63. The highest BCUT2D eigenvalue weighted by Gasteiger charge is 2.48. The average molecular weight is 392 g/mol. The first-order chi connectivity index (χ1) is 12.6. The second-order valence-corrected chi connectivity index (χ2v) is 7.49. The molecule has 0 saturated carbocycles. The van der Waals surface area contributed by atoms with Gasteiger partial charge in [-0.25, -0.2) is 0 Å². The van der Waals surface area contributed by atoms with Crippen molar-refractivity contribution in [2.45, 2.75) is 39.7 Å². The van der Waals surface area contributed by atoms with Crippen LogP contribution in [0.5, 0.6) is 0 Å². The maximum Gasteiger partial charge on any atom is 0.214 e. The Morgan fingerprint density at radius 3 is 2.63 bits per heavy atom. The van der Waals surface area contributed by atoms with Crippen molar-refractivity contribution >= 4 is 23.2 Å². The molecule has 1 aliphatic carbocycles. The second kappa shape index (κ2) is 8.38. The number of hydrogen-bond acceptors (Lipinski definition) is 5. The summed E-state index contributed by atoms with van der Waals surface area (Å²) in [5.74, 6) is -1.03. The summed E-state index contributed by atoms with van der Waals surface area (Å²) in [7, 11) is 0. The van der Waals surface area contributed by atoms with E-state index in [0.29, 0.717) is 17.2 Å². The van der Waals surface area contributed by atoms with E-state index in [9.17, 15) is 19.8 Å². The molecule has 27 heavy (non-hydrogen) atoms. The molecule has 0 radical (unpaired) electrons. The fourth-order valence-electron chi connectivity index (χ4n) is 2.96. The van der Waals surface area contributed by atoms with Crippen molar-refractivity contribution in [3.8, 4) is 0 Å². The van der Waals surface area contributed by atoms with Crippen molar-refractivity contribution < 1.29 is 19.8 Å². The first kappa shape index (κ1) is 21.4. The van der Waals surface area contributed by atoms with Crippen LogP contribution in [-0.4, -0.2) is 45.4 Å². The fraction of sp³-hybridized carbons (Fsp3) is 0.429. The molecular weight excluding hydrogens is 366 g/mol. The van der Waals surface area contributed by atoms with Gasteiger partial charge < -0.3 is 15.1 Å². The molecule has 2 unspecified atom stereocenters. The van der Waals surface area contributed by atoms with E-state index in [2.05, 4.69) is 19.9 Å². The van der Waals surface area contributed by atoms with E-state index in [4.69, 9.17) is 11.6 Å².